The summed E-state index contributed by atoms with van der Waals surface area (Å²) >= 11 is 0. The number of nitrogens with zero attached hydrogens (tertiary/aromatic N) is 2. The molecule has 1 heterocycles. The van der Waals surface area contributed by atoms with Gasteiger partial charge in [-0.25, -0.2) is 4.39 Å². The Morgan fingerprint density at radius 2 is 2.09 bits per heavy atom. The Morgan fingerprint density at radius 1 is 1.35 bits per heavy atom. The van der Waals surface area contributed by atoms with E-state index in [1.807, 2.05) is 13.0 Å². The van der Waals surface area contributed by atoms with Gasteiger partial charge in [-0.15, -0.1) is 0 Å². The van der Waals surface area contributed by atoms with Crippen molar-refractivity contribution in [2.45, 2.75) is 57.9 Å². The molecule has 1 fully saturated rings. The molecular weight excluding hydrogens is 293 g/mol. The van der Waals surface area contributed by atoms with Crippen molar-refractivity contribution in [2.75, 3.05) is 0 Å². The van der Waals surface area contributed by atoms with Gasteiger partial charge < -0.3 is 10.3 Å². The Balaban J connectivity index is 1.81. The lowest BCUT2D eigenvalue weighted by atomic mass is 9.91. The van der Waals surface area contributed by atoms with E-state index in [0.29, 0.717) is 24.1 Å². The second kappa shape index (κ2) is 6.04. The Bertz CT molecular complexity index is 691. The van der Waals surface area contributed by atoms with Crippen LogP contribution in [0.2, 0.25) is 0 Å². The van der Waals surface area contributed by atoms with E-state index < -0.39 is 0 Å². The van der Waals surface area contributed by atoms with Gasteiger partial charge in [0.1, 0.15) is 5.82 Å². The van der Waals surface area contributed by atoms with Crippen LogP contribution in [0.1, 0.15) is 56.0 Å². The number of hydrogen-bond donors (Lipinski definition) is 1. The summed E-state index contributed by atoms with van der Waals surface area (Å²) in [4.78, 5) is 4.56. The quantitative estimate of drug-likeness (QED) is 0.885. The fourth-order valence-electron chi connectivity index (χ4n) is 3.29. The van der Waals surface area contributed by atoms with Gasteiger partial charge in [0.15, 0.2) is 5.82 Å². The number of halogens is 1. The third-order valence-corrected chi connectivity index (χ3v) is 4.57. The van der Waals surface area contributed by atoms with Gasteiger partial charge in [0.05, 0.1) is 5.41 Å². The molecule has 1 atom stereocenters. The largest absolute Gasteiger partial charge is 0.339 e. The Kier molecular flexibility index (Phi) is 4.23. The van der Waals surface area contributed by atoms with E-state index in [-0.39, 0.29) is 17.3 Å². The molecule has 5 heteroatoms. The SMILES string of the molecule is Cc1ccc(F)cc1C1(c2noc(C[C@@H](N)CC(C)C)n2)CC1. The van der Waals surface area contributed by atoms with Crippen LogP contribution in [-0.4, -0.2) is 16.2 Å². The normalized spacial score (nSPS) is 17.5. The number of aryl methyl sites for hydroxylation is 1. The van der Waals surface area contributed by atoms with Gasteiger partial charge in [0, 0.05) is 12.5 Å². The molecule has 0 radical (unpaired) electrons. The van der Waals surface area contributed by atoms with Crippen molar-refractivity contribution in [3.63, 3.8) is 0 Å². The first-order valence-electron chi connectivity index (χ1n) is 8.26. The van der Waals surface area contributed by atoms with Crippen LogP contribution in [0.3, 0.4) is 0 Å². The molecular formula is C18H24FN3O. The zero-order chi connectivity index (χ0) is 16.6. The summed E-state index contributed by atoms with van der Waals surface area (Å²) in [6.45, 7) is 6.28. The summed E-state index contributed by atoms with van der Waals surface area (Å²) in [7, 11) is 0. The lowest BCUT2D eigenvalue weighted by molar-refractivity contribution is 0.353. The highest BCUT2D eigenvalue weighted by Gasteiger charge is 2.50. The Morgan fingerprint density at radius 3 is 2.74 bits per heavy atom. The molecule has 1 aliphatic carbocycles. The molecule has 0 aliphatic heterocycles. The molecule has 0 amide bonds. The first-order chi connectivity index (χ1) is 10.9. The van der Waals surface area contributed by atoms with Gasteiger partial charge in [-0.05, 0) is 55.4 Å². The van der Waals surface area contributed by atoms with Crippen LogP contribution in [0.15, 0.2) is 22.7 Å². The molecule has 0 saturated heterocycles. The Labute approximate surface area is 136 Å². The third kappa shape index (κ3) is 3.29. The average molecular weight is 317 g/mol. The van der Waals surface area contributed by atoms with E-state index in [0.717, 1.165) is 30.4 Å². The molecule has 3 rings (SSSR count). The fourth-order valence-corrected chi connectivity index (χ4v) is 3.29. The van der Waals surface area contributed by atoms with Gasteiger partial charge in [0.2, 0.25) is 5.89 Å². The first-order valence-corrected chi connectivity index (χ1v) is 8.26. The monoisotopic (exact) mass is 317 g/mol. The van der Waals surface area contributed by atoms with Gasteiger partial charge in [-0.2, -0.15) is 4.98 Å². The van der Waals surface area contributed by atoms with Crippen molar-refractivity contribution in [1.29, 1.82) is 0 Å². The summed E-state index contributed by atoms with van der Waals surface area (Å²) in [5.74, 6) is 1.56. The van der Waals surface area contributed by atoms with Gasteiger partial charge in [-0.1, -0.05) is 25.1 Å². The predicted molar refractivity (Wildman–Crippen MR) is 86.6 cm³/mol. The van der Waals surface area contributed by atoms with Gasteiger partial charge in [0.25, 0.3) is 0 Å². The summed E-state index contributed by atoms with van der Waals surface area (Å²) in [6.07, 6.45) is 3.36. The molecule has 1 aromatic heterocycles. The number of benzene rings is 1. The van der Waals surface area contributed by atoms with Crippen molar-refractivity contribution in [3.8, 4) is 0 Å². The van der Waals surface area contributed by atoms with Crippen LogP contribution in [0.25, 0.3) is 0 Å². The van der Waals surface area contributed by atoms with Crippen molar-refractivity contribution >= 4 is 0 Å². The standard InChI is InChI=1S/C18H24FN3O/c1-11(2)8-14(20)10-16-21-17(22-23-16)18(6-7-18)15-9-13(19)5-4-12(15)3/h4-5,9,11,14H,6-8,10,20H2,1-3H3/t14-/m0/s1. The highest BCUT2D eigenvalue weighted by molar-refractivity contribution is 5.44. The Hall–Kier alpha value is -1.75. The minimum Gasteiger partial charge on any atom is -0.339 e. The molecule has 0 bridgehead atoms. The molecule has 1 aliphatic rings. The maximum atomic E-state index is 13.6. The maximum absolute atomic E-state index is 13.6. The number of hydrogen-bond acceptors (Lipinski definition) is 4. The van der Waals surface area contributed by atoms with Crippen molar-refractivity contribution in [2.24, 2.45) is 11.7 Å². The zero-order valence-corrected chi connectivity index (χ0v) is 14.0. The predicted octanol–water partition coefficient (Wildman–Crippen LogP) is 3.51. The molecule has 2 N–H and O–H groups in total. The molecule has 124 valence electrons. The zero-order valence-electron chi connectivity index (χ0n) is 14.0. The molecule has 2 aromatic rings. The minimum absolute atomic E-state index is 0.0226. The van der Waals surface area contributed by atoms with Crippen LogP contribution in [0.5, 0.6) is 0 Å². The highest BCUT2D eigenvalue weighted by atomic mass is 19.1. The number of aromatic nitrogens is 2. The van der Waals surface area contributed by atoms with Crippen molar-refractivity contribution < 1.29 is 8.91 Å². The second-order valence-corrected chi connectivity index (χ2v) is 7.15. The summed E-state index contributed by atoms with van der Waals surface area (Å²) in [5.41, 5.74) is 7.87. The lowest BCUT2D eigenvalue weighted by Gasteiger charge is -2.14. The highest BCUT2D eigenvalue weighted by Crippen LogP contribution is 2.53. The van der Waals surface area contributed by atoms with Crippen LogP contribution in [-0.2, 0) is 11.8 Å². The number of nitrogens with two attached hydrogens (primary N) is 1. The van der Waals surface area contributed by atoms with E-state index >= 15 is 0 Å². The molecule has 1 saturated carbocycles. The van der Waals surface area contributed by atoms with Crippen molar-refractivity contribution in [3.05, 3.63) is 46.9 Å². The van der Waals surface area contributed by atoms with Crippen LogP contribution in [0, 0.1) is 18.7 Å². The average Bonchev–Trinajstić information content (AvgIpc) is 3.14. The molecule has 1 aromatic carbocycles. The van der Waals surface area contributed by atoms with Crippen LogP contribution < -0.4 is 5.73 Å². The second-order valence-electron chi connectivity index (χ2n) is 7.15. The van der Waals surface area contributed by atoms with E-state index in [1.54, 1.807) is 6.07 Å². The summed E-state index contributed by atoms with van der Waals surface area (Å²) in [6, 6.07) is 4.92. The summed E-state index contributed by atoms with van der Waals surface area (Å²) in [5, 5.41) is 4.17. The topological polar surface area (TPSA) is 64.9 Å². The lowest BCUT2D eigenvalue weighted by Crippen LogP contribution is -2.25. The van der Waals surface area contributed by atoms with E-state index in [4.69, 9.17) is 10.3 Å². The molecule has 0 spiro atoms. The van der Waals surface area contributed by atoms with Gasteiger partial charge in [-0.3, -0.25) is 0 Å². The van der Waals surface area contributed by atoms with Crippen molar-refractivity contribution in [1.82, 2.24) is 10.1 Å². The molecule has 4 nitrogen and oxygen atoms in total. The van der Waals surface area contributed by atoms with Crippen LogP contribution in [0.4, 0.5) is 4.39 Å². The third-order valence-electron chi connectivity index (χ3n) is 4.57. The van der Waals surface area contributed by atoms with Gasteiger partial charge >= 0.3 is 0 Å². The first kappa shape index (κ1) is 16.1. The van der Waals surface area contributed by atoms with E-state index in [1.165, 1.54) is 6.07 Å². The fraction of sp³-hybridized carbons (Fsp3) is 0.556. The van der Waals surface area contributed by atoms with E-state index in [9.17, 15) is 4.39 Å². The maximum Gasteiger partial charge on any atom is 0.228 e. The smallest absolute Gasteiger partial charge is 0.228 e. The molecule has 0 unspecified atom stereocenters. The molecule has 23 heavy (non-hydrogen) atoms. The minimum atomic E-state index is -0.282. The van der Waals surface area contributed by atoms with E-state index in [2.05, 4.69) is 24.0 Å². The summed E-state index contributed by atoms with van der Waals surface area (Å²) < 4.78 is 19.0. The van der Waals surface area contributed by atoms with Crippen LogP contribution >= 0.6 is 0 Å². The number of rotatable bonds is 6.